The van der Waals surface area contributed by atoms with Crippen LogP contribution in [0.4, 0.5) is 0 Å². The Balaban J connectivity index is 0.000000286. The molecule has 2 nitrogen and oxygen atoms in total. The average molecular weight is 268 g/mol. The van der Waals surface area contributed by atoms with Gasteiger partial charge in [0.1, 0.15) is 5.78 Å². The van der Waals surface area contributed by atoms with Gasteiger partial charge in [-0.1, -0.05) is 74.5 Å². The smallest absolute Gasteiger partial charge is 0.193 e. The van der Waals surface area contributed by atoms with E-state index in [2.05, 4.69) is 0 Å². The van der Waals surface area contributed by atoms with Gasteiger partial charge in [0.25, 0.3) is 0 Å². The lowest BCUT2D eigenvalue weighted by atomic mass is 10.0. The highest BCUT2D eigenvalue weighted by Gasteiger charge is 2.06. The maximum absolute atomic E-state index is 11.8. The fourth-order valence-electron chi connectivity index (χ4n) is 1.60. The van der Waals surface area contributed by atoms with Crippen LogP contribution in [-0.2, 0) is 4.79 Å². The number of hydrogen-bond donors (Lipinski definition) is 0. The number of carbonyl (C=O) groups is 2. The molecule has 0 radical (unpaired) electrons. The highest BCUT2D eigenvalue weighted by atomic mass is 16.1. The zero-order valence-corrected chi connectivity index (χ0v) is 12.0. The molecule has 0 heterocycles. The van der Waals surface area contributed by atoms with Crippen LogP contribution in [0.2, 0.25) is 0 Å². The second-order valence-electron chi connectivity index (χ2n) is 4.31. The second kappa shape index (κ2) is 8.81. The molecule has 2 heteroatoms. The van der Waals surface area contributed by atoms with E-state index in [-0.39, 0.29) is 5.78 Å². The van der Waals surface area contributed by atoms with Gasteiger partial charge in [-0.25, -0.2) is 0 Å². The van der Waals surface area contributed by atoms with Crippen molar-refractivity contribution < 1.29 is 9.59 Å². The molecule has 2 aromatic carbocycles. The van der Waals surface area contributed by atoms with Crippen molar-refractivity contribution in [3.8, 4) is 0 Å². The number of benzene rings is 2. The normalized spacial score (nSPS) is 9.30. The first-order valence-corrected chi connectivity index (χ1v) is 6.85. The summed E-state index contributed by atoms with van der Waals surface area (Å²) in [4.78, 5) is 22.0. The average Bonchev–Trinajstić information content (AvgIpc) is 2.55. The fraction of sp³-hybridized carbons (Fsp3) is 0.222. The molecule has 0 N–H and O–H groups in total. The zero-order valence-electron chi connectivity index (χ0n) is 12.0. The van der Waals surface area contributed by atoms with Gasteiger partial charge in [-0.2, -0.15) is 0 Å². The molecule has 0 aliphatic heterocycles. The van der Waals surface area contributed by atoms with Crippen molar-refractivity contribution in [2.75, 3.05) is 0 Å². The van der Waals surface area contributed by atoms with E-state index in [4.69, 9.17) is 0 Å². The Hall–Kier alpha value is -2.22. The molecule has 0 unspecified atom stereocenters. The van der Waals surface area contributed by atoms with Crippen molar-refractivity contribution >= 4 is 11.6 Å². The summed E-state index contributed by atoms with van der Waals surface area (Å²) in [6.07, 6.45) is 1.38. The lowest BCUT2D eigenvalue weighted by Crippen LogP contribution is -1.99. The molecule has 104 valence electrons. The maximum atomic E-state index is 11.8. The van der Waals surface area contributed by atoms with E-state index in [1.54, 1.807) is 0 Å². The van der Waals surface area contributed by atoms with Crippen LogP contribution in [0.5, 0.6) is 0 Å². The predicted molar refractivity (Wildman–Crippen MR) is 81.9 cm³/mol. The summed E-state index contributed by atoms with van der Waals surface area (Å²) in [6.45, 7) is 3.76. The number of rotatable bonds is 4. The Morgan fingerprint density at radius 3 is 1.30 bits per heavy atom. The fourth-order valence-corrected chi connectivity index (χ4v) is 1.60. The first-order chi connectivity index (χ1) is 9.69. The van der Waals surface area contributed by atoms with Crippen LogP contribution in [-0.4, -0.2) is 11.6 Å². The molecular weight excluding hydrogens is 248 g/mol. The van der Waals surface area contributed by atoms with Crippen molar-refractivity contribution in [3.05, 3.63) is 71.8 Å². The number of ketones is 2. The van der Waals surface area contributed by atoms with Crippen molar-refractivity contribution in [1.82, 2.24) is 0 Å². The van der Waals surface area contributed by atoms with Crippen LogP contribution >= 0.6 is 0 Å². The van der Waals surface area contributed by atoms with Crippen molar-refractivity contribution in [1.29, 1.82) is 0 Å². The van der Waals surface area contributed by atoms with Gasteiger partial charge >= 0.3 is 0 Å². The summed E-state index contributed by atoms with van der Waals surface area (Å²) < 4.78 is 0. The molecule has 0 bridgehead atoms. The number of Topliss-reactive ketones (excluding diaryl/α,β-unsaturated/α-hetero) is 1. The van der Waals surface area contributed by atoms with E-state index in [0.717, 1.165) is 11.1 Å². The van der Waals surface area contributed by atoms with Gasteiger partial charge in [0.2, 0.25) is 0 Å². The quantitative estimate of drug-likeness (QED) is 0.775. The van der Waals surface area contributed by atoms with Crippen molar-refractivity contribution in [3.63, 3.8) is 0 Å². The van der Waals surface area contributed by atoms with Crippen LogP contribution in [0.25, 0.3) is 0 Å². The van der Waals surface area contributed by atoms with Crippen LogP contribution in [0.1, 0.15) is 42.6 Å². The molecule has 0 saturated heterocycles. The lowest BCUT2D eigenvalue weighted by molar-refractivity contribution is -0.118. The van der Waals surface area contributed by atoms with Crippen LogP contribution in [0.3, 0.4) is 0 Å². The van der Waals surface area contributed by atoms with Crippen LogP contribution in [0.15, 0.2) is 60.7 Å². The summed E-state index contributed by atoms with van der Waals surface area (Å²) in [5.41, 5.74) is 1.47. The highest BCUT2D eigenvalue weighted by Crippen LogP contribution is 2.08. The van der Waals surface area contributed by atoms with E-state index in [0.29, 0.717) is 18.6 Å². The van der Waals surface area contributed by atoms with Crippen molar-refractivity contribution in [2.45, 2.75) is 26.7 Å². The minimum atomic E-state index is 0.0752. The van der Waals surface area contributed by atoms with Gasteiger partial charge in [0, 0.05) is 24.0 Å². The molecule has 0 spiro atoms. The van der Waals surface area contributed by atoms with E-state index >= 15 is 0 Å². The van der Waals surface area contributed by atoms with Gasteiger partial charge in [0.15, 0.2) is 5.78 Å². The summed E-state index contributed by atoms with van der Waals surface area (Å²) in [5, 5.41) is 0. The first-order valence-electron chi connectivity index (χ1n) is 6.85. The summed E-state index contributed by atoms with van der Waals surface area (Å²) in [5.74, 6) is 0.418. The van der Waals surface area contributed by atoms with Gasteiger partial charge in [0.05, 0.1) is 0 Å². The summed E-state index contributed by atoms with van der Waals surface area (Å²) >= 11 is 0. The Bertz CT molecular complexity index is 482. The SMILES string of the molecule is CCC(=O)CC.O=C(c1ccccc1)c1ccccc1. The second-order valence-corrected chi connectivity index (χ2v) is 4.31. The molecule has 0 saturated carbocycles. The van der Waals surface area contributed by atoms with Gasteiger partial charge < -0.3 is 0 Å². The van der Waals surface area contributed by atoms with Crippen LogP contribution in [0, 0.1) is 0 Å². The topological polar surface area (TPSA) is 34.1 Å². The third kappa shape index (κ3) is 5.19. The minimum absolute atomic E-state index is 0.0752. The summed E-state index contributed by atoms with van der Waals surface area (Å²) in [6, 6.07) is 18.6. The standard InChI is InChI=1S/C13H10O.C5H10O/c14-13(11-7-3-1-4-8-11)12-9-5-2-6-10-12;1-3-5(6)4-2/h1-10H;3-4H2,1-2H3. The molecule has 0 aliphatic rings. The molecule has 0 fully saturated rings. The first kappa shape index (κ1) is 15.8. The molecule has 0 aliphatic carbocycles. The maximum Gasteiger partial charge on any atom is 0.193 e. The molecular formula is C18H20O2. The monoisotopic (exact) mass is 268 g/mol. The Morgan fingerprint density at radius 2 is 1.05 bits per heavy atom. The summed E-state index contributed by atoms with van der Waals surface area (Å²) in [7, 11) is 0. The van der Waals surface area contributed by atoms with Crippen molar-refractivity contribution in [2.24, 2.45) is 0 Å². The highest BCUT2D eigenvalue weighted by molar-refractivity contribution is 6.08. The van der Waals surface area contributed by atoms with Crippen LogP contribution < -0.4 is 0 Å². The molecule has 2 aromatic rings. The van der Waals surface area contributed by atoms with Gasteiger partial charge in [-0.05, 0) is 0 Å². The Labute approximate surface area is 120 Å². The third-order valence-corrected chi connectivity index (χ3v) is 2.86. The Kier molecular flexibility index (Phi) is 6.97. The number of hydrogen-bond acceptors (Lipinski definition) is 2. The van der Waals surface area contributed by atoms with Gasteiger partial charge in [-0.15, -0.1) is 0 Å². The molecule has 0 amide bonds. The molecule has 20 heavy (non-hydrogen) atoms. The molecule has 2 rings (SSSR count). The van der Waals surface area contributed by atoms with E-state index in [1.165, 1.54) is 0 Å². The largest absolute Gasteiger partial charge is 0.300 e. The number of carbonyl (C=O) groups excluding carboxylic acids is 2. The third-order valence-electron chi connectivity index (χ3n) is 2.86. The van der Waals surface area contributed by atoms with Gasteiger partial charge in [-0.3, -0.25) is 9.59 Å². The molecule has 0 aromatic heterocycles. The lowest BCUT2D eigenvalue weighted by Gasteiger charge is -1.99. The molecule has 0 atom stereocenters. The predicted octanol–water partition coefficient (Wildman–Crippen LogP) is 4.29. The minimum Gasteiger partial charge on any atom is -0.300 e. The Morgan fingerprint density at radius 1 is 0.700 bits per heavy atom. The van der Waals surface area contributed by atoms with E-state index in [1.807, 2.05) is 74.5 Å². The van der Waals surface area contributed by atoms with E-state index in [9.17, 15) is 9.59 Å². The van der Waals surface area contributed by atoms with E-state index < -0.39 is 0 Å². The zero-order chi connectivity index (χ0) is 14.8.